The molecule has 0 aromatic carbocycles. The van der Waals surface area contributed by atoms with Gasteiger partial charge in [-0.25, -0.2) is 4.79 Å². The van der Waals surface area contributed by atoms with Gasteiger partial charge in [-0.15, -0.1) is 0 Å². The highest BCUT2D eigenvalue weighted by Gasteiger charge is 2.15. The largest absolute Gasteiger partial charge is 0.458 e. The highest BCUT2D eigenvalue weighted by Crippen LogP contribution is 2.05. The number of carbonyl (C=O) groups excluding carboxylic acids is 2. The fraction of sp³-hybridized carbons (Fsp3) is 0.333. The highest BCUT2D eigenvalue weighted by atomic mass is 16.5. The maximum absolute atomic E-state index is 10.5. The van der Waals surface area contributed by atoms with E-state index in [2.05, 4.69) is 4.74 Å². The van der Waals surface area contributed by atoms with Crippen LogP contribution in [0.25, 0.3) is 0 Å². The zero-order valence-corrected chi connectivity index (χ0v) is 5.01. The van der Waals surface area contributed by atoms with Gasteiger partial charge in [0.25, 0.3) is 0 Å². The van der Waals surface area contributed by atoms with Gasteiger partial charge in [0, 0.05) is 11.6 Å². The number of rotatable bonds is 1. The number of ketones is 1. The molecule has 1 heterocycles. The van der Waals surface area contributed by atoms with Crippen LogP contribution < -0.4 is 0 Å². The zero-order chi connectivity index (χ0) is 6.85. The van der Waals surface area contributed by atoms with E-state index in [0.29, 0.717) is 5.57 Å². The number of esters is 1. The highest BCUT2D eigenvalue weighted by molar-refractivity contribution is 6.01. The molecule has 0 atom stereocenters. The van der Waals surface area contributed by atoms with E-state index < -0.39 is 5.97 Å². The van der Waals surface area contributed by atoms with Crippen molar-refractivity contribution in [1.29, 1.82) is 0 Å². The van der Waals surface area contributed by atoms with E-state index in [1.54, 1.807) is 0 Å². The van der Waals surface area contributed by atoms with Crippen molar-refractivity contribution in [3.05, 3.63) is 11.6 Å². The second kappa shape index (κ2) is 2.01. The molecular weight excluding hydrogens is 120 g/mol. The Kier molecular flexibility index (Phi) is 1.34. The Morgan fingerprint density at radius 1 is 1.78 bits per heavy atom. The van der Waals surface area contributed by atoms with Crippen LogP contribution in [0.5, 0.6) is 0 Å². The van der Waals surface area contributed by atoms with Crippen molar-refractivity contribution < 1.29 is 14.3 Å². The van der Waals surface area contributed by atoms with Gasteiger partial charge in [-0.2, -0.15) is 0 Å². The molecule has 3 nitrogen and oxygen atoms in total. The Morgan fingerprint density at radius 3 is 2.67 bits per heavy atom. The molecule has 0 fully saturated rings. The number of hydrogen-bond acceptors (Lipinski definition) is 3. The minimum Gasteiger partial charge on any atom is -0.458 e. The molecule has 1 rings (SSSR count). The lowest BCUT2D eigenvalue weighted by Crippen LogP contribution is -1.97. The molecule has 0 aliphatic carbocycles. The van der Waals surface area contributed by atoms with E-state index in [9.17, 15) is 9.59 Å². The van der Waals surface area contributed by atoms with Gasteiger partial charge in [0.05, 0.1) is 0 Å². The number of carbonyl (C=O) groups is 2. The molecule has 0 aromatic heterocycles. The minimum absolute atomic E-state index is 0.0964. The summed E-state index contributed by atoms with van der Waals surface area (Å²) >= 11 is 0. The zero-order valence-electron chi connectivity index (χ0n) is 5.01. The van der Waals surface area contributed by atoms with E-state index in [4.69, 9.17) is 0 Å². The van der Waals surface area contributed by atoms with Crippen molar-refractivity contribution in [2.45, 2.75) is 6.92 Å². The van der Waals surface area contributed by atoms with Crippen molar-refractivity contribution in [3.8, 4) is 0 Å². The van der Waals surface area contributed by atoms with E-state index >= 15 is 0 Å². The third-order valence-corrected chi connectivity index (χ3v) is 1.11. The van der Waals surface area contributed by atoms with Crippen LogP contribution in [0, 0.1) is 0 Å². The van der Waals surface area contributed by atoms with Crippen molar-refractivity contribution in [1.82, 2.24) is 0 Å². The summed E-state index contributed by atoms with van der Waals surface area (Å²) in [5.74, 6) is -0.513. The number of cyclic esters (lactones) is 1. The Bertz CT molecular complexity index is 190. The quantitative estimate of drug-likeness (QED) is 0.466. The first-order chi connectivity index (χ1) is 4.20. The summed E-state index contributed by atoms with van der Waals surface area (Å²) in [4.78, 5) is 20.8. The Labute approximate surface area is 52.3 Å². The maximum atomic E-state index is 10.5. The first-order valence-electron chi connectivity index (χ1n) is 2.58. The normalized spacial score (nSPS) is 17.0. The molecule has 0 saturated heterocycles. The molecule has 1 aliphatic heterocycles. The predicted molar refractivity (Wildman–Crippen MR) is 29.7 cm³/mol. The molecule has 1 aliphatic rings. The second-order valence-corrected chi connectivity index (χ2v) is 1.83. The molecule has 0 saturated carbocycles. The fourth-order valence-corrected chi connectivity index (χ4v) is 0.578. The molecule has 3 heteroatoms. The van der Waals surface area contributed by atoms with Crippen LogP contribution in [-0.2, 0) is 14.3 Å². The average Bonchev–Trinajstić information content (AvgIpc) is 2.14. The third-order valence-electron chi connectivity index (χ3n) is 1.11. The lowest BCUT2D eigenvalue weighted by atomic mass is 10.2. The van der Waals surface area contributed by atoms with Gasteiger partial charge >= 0.3 is 5.97 Å². The van der Waals surface area contributed by atoms with E-state index in [1.165, 1.54) is 13.0 Å². The summed E-state index contributed by atoms with van der Waals surface area (Å²) in [5.41, 5.74) is 0.458. The Balaban J connectivity index is 2.74. The summed E-state index contributed by atoms with van der Waals surface area (Å²) in [7, 11) is 0. The van der Waals surface area contributed by atoms with Crippen LogP contribution in [0.2, 0.25) is 0 Å². The number of Topliss-reactive ketones (excluding diaryl/α,β-unsaturated/α-hetero) is 1. The molecule has 0 bridgehead atoms. The summed E-state index contributed by atoms with van der Waals surface area (Å²) < 4.78 is 4.47. The van der Waals surface area contributed by atoms with Crippen LogP contribution in [0.1, 0.15) is 6.92 Å². The first-order valence-corrected chi connectivity index (χ1v) is 2.58. The Morgan fingerprint density at radius 2 is 2.44 bits per heavy atom. The van der Waals surface area contributed by atoms with E-state index in [0.717, 1.165) is 0 Å². The topological polar surface area (TPSA) is 43.4 Å². The van der Waals surface area contributed by atoms with E-state index in [-0.39, 0.29) is 12.4 Å². The van der Waals surface area contributed by atoms with Gasteiger partial charge in [0.1, 0.15) is 6.61 Å². The van der Waals surface area contributed by atoms with Gasteiger partial charge in [0.15, 0.2) is 5.78 Å². The van der Waals surface area contributed by atoms with Crippen LogP contribution in [-0.4, -0.2) is 18.4 Å². The molecule has 0 N–H and O–H groups in total. The second-order valence-electron chi connectivity index (χ2n) is 1.83. The summed E-state index contributed by atoms with van der Waals surface area (Å²) in [6.45, 7) is 1.56. The third kappa shape index (κ3) is 1.16. The standard InChI is InChI=1S/C6H6O3/c1-4(7)5-2-6(8)9-3-5/h2H,3H2,1H3. The molecule has 0 radical (unpaired) electrons. The van der Waals surface area contributed by atoms with Crippen molar-refractivity contribution in [2.75, 3.05) is 6.61 Å². The SMILES string of the molecule is CC(=O)C1=CC(=O)OC1. The maximum Gasteiger partial charge on any atom is 0.331 e. The van der Waals surface area contributed by atoms with Crippen molar-refractivity contribution in [3.63, 3.8) is 0 Å². The van der Waals surface area contributed by atoms with Gasteiger partial charge in [-0.05, 0) is 6.92 Å². The van der Waals surface area contributed by atoms with Gasteiger partial charge < -0.3 is 4.74 Å². The summed E-state index contributed by atoms with van der Waals surface area (Å²) in [6, 6.07) is 0. The molecule has 0 unspecified atom stereocenters. The number of hydrogen-bond donors (Lipinski definition) is 0. The first kappa shape index (κ1) is 6.01. The lowest BCUT2D eigenvalue weighted by Gasteiger charge is -1.89. The molecule has 0 amide bonds. The van der Waals surface area contributed by atoms with Gasteiger partial charge in [-0.3, -0.25) is 4.79 Å². The van der Waals surface area contributed by atoms with Crippen LogP contribution in [0.15, 0.2) is 11.6 Å². The number of ether oxygens (including phenoxy) is 1. The monoisotopic (exact) mass is 126 g/mol. The van der Waals surface area contributed by atoms with Crippen LogP contribution in [0.3, 0.4) is 0 Å². The van der Waals surface area contributed by atoms with Gasteiger partial charge in [0.2, 0.25) is 0 Å². The van der Waals surface area contributed by atoms with Crippen LogP contribution in [0.4, 0.5) is 0 Å². The van der Waals surface area contributed by atoms with Crippen molar-refractivity contribution >= 4 is 11.8 Å². The van der Waals surface area contributed by atoms with Gasteiger partial charge in [-0.1, -0.05) is 0 Å². The molecule has 0 spiro atoms. The molecule has 48 valence electrons. The predicted octanol–water partition coefficient (Wildman–Crippen LogP) is 0.0586. The van der Waals surface area contributed by atoms with Crippen LogP contribution >= 0.6 is 0 Å². The van der Waals surface area contributed by atoms with E-state index in [1.807, 2.05) is 0 Å². The minimum atomic E-state index is -0.416. The summed E-state index contributed by atoms with van der Waals surface area (Å²) in [5, 5.41) is 0. The molecule has 0 aromatic rings. The lowest BCUT2D eigenvalue weighted by molar-refractivity contribution is -0.134. The smallest absolute Gasteiger partial charge is 0.331 e. The molecular formula is C6H6O3. The molecule has 9 heavy (non-hydrogen) atoms. The van der Waals surface area contributed by atoms with Crippen molar-refractivity contribution in [2.24, 2.45) is 0 Å². The average molecular weight is 126 g/mol. The summed E-state index contributed by atoms with van der Waals surface area (Å²) in [6.07, 6.45) is 1.22. The fourth-order valence-electron chi connectivity index (χ4n) is 0.578. The Hall–Kier alpha value is -1.12.